The third-order valence-electron chi connectivity index (χ3n) is 1.24. The quantitative estimate of drug-likeness (QED) is 0.560. The molecule has 1 rings (SSSR count). The number of rotatable bonds is 2. The van der Waals surface area contributed by atoms with Crippen LogP contribution in [0.3, 0.4) is 0 Å². The fraction of sp³-hybridized carbons (Fsp3) is 0.286. The van der Waals surface area contributed by atoms with Crippen LogP contribution in [0.2, 0.25) is 5.15 Å². The molecule has 0 fully saturated rings. The van der Waals surface area contributed by atoms with Crippen LogP contribution in [0.1, 0.15) is 13.3 Å². The predicted molar refractivity (Wildman–Crippen MR) is 48.6 cm³/mol. The molecule has 0 amide bonds. The van der Waals surface area contributed by atoms with Crippen molar-refractivity contribution in [2.45, 2.75) is 13.3 Å². The normalized spacial score (nSPS) is 11.7. The molecule has 0 saturated carbocycles. The summed E-state index contributed by atoms with van der Waals surface area (Å²) in [5, 5.41) is 7.69. The molecule has 0 aromatic carbocycles. The van der Waals surface area contributed by atoms with Crippen molar-refractivity contribution in [3.05, 3.63) is 17.3 Å². The number of hydrogen-bond acceptors (Lipinski definition) is 3. The first-order valence-corrected chi connectivity index (χ1v) is 3.92. The van der Waals surface area contributed by atoms with E-state index < -0.39 is 0 Å². The lowest BCUT2D eigenvalue weighted by molar-refractivity contribution is 1.02. The fourth-order valence-corrected chi connectivity index (χ4v) is 0.696. The Morgan fingerprint density at radius 3 is 2.83 bits per heavy atom. The Balaban J connectivity index is 2.84. The van der Waals surface area contributed by atoms with Gasteiger partial charge < -0.3 is 5.73 Å². The molecule has 1 aromatic heterocycles. The maximum Gasteiger partial charge on any atom is 0.176 e. The Hall–Kier alpha value is -1.16. The molecule has 0 unspecified atom stereocenters. The summed E-state index contributed by atoms with van der Waals surface area (Å²) < 4.78 is 0. The van der Waals surface area contributed by atoms with Crippen LogP contribution in [0.15, 0.2) is 17.1 Å². The van der Waals surface area contributed by atoms with Crippen LogP contribution >= 0.6 is 11.6 Å². The number of aromatic nitrogens is 2. The molecule has 0 saturated heterocycles. The number of hydrogen-bond donors (Lipinski definition) is 1. The molecule has 0 radical (unpaired) electrons. The van der Waals surface area contributed by atoms with Crippen molar-refractivity contribution in [1.82, 2.24) is 10.2 Å². The van der Waals surface area contributed by atoms with Crippen molar-refractivity contribution in [3.63, 3.8) is 0 Å². The lowest BCUT2D eigenvalue weighted by atomic mass is 10.4. The summed E-state index contributed by atoms with van der Waals surface area (Å²) in [6.07, 6.45) is 0.699. The monoisotopic (exact) mass is 184 g/mol. The van der Waals surface area contributed by atoms with Crippen LogP contribution in [0.25, 0.3) is 0 Å². The molecule has 1 aromatic rings. The van der Waals surface area contributed by atoms with E-state index in [0.717, 1.165) is 0 Å². The van der Waals surface area contributed by atoms with Gasteiger partial charge in [-0.05, 0) is 12.1 Å². The fourth-order valence-electron chi connectivity index (χ4n) is 0.595. The smallest absolute Gasteiger partial charge is 0.176 e. The molecule has 2 N–H and O–H groups in total. The summed E-state index contributed by atoms with van der Waals surface area (Å²) in [7, 11) is 0. The van der Waals surface area contributed by atoms with Crippen LogP contribution in [0.5, 0.6) is 0 Å². The second-order valence-electron chi connectivity index (χ2n) is 2.17. The van der Waals surface area contributed by atoms with E-state index in [-0.39, 0.29) is 0 Å². The van der Waals surface area contributed by atoms with Crippen molar-refractivity contribution in [2.24, 2.45) is 10.7 Å². The van der Waals surface area contributed by atoms with Gasteiger partial charge in [0.25, 0.3) is 0 Å². The van der Waals surface area contributed by atoms with E-state index in [1.165, 1.54) is 0 Å². The van der Waals surface area contributed by atoms with E-state index in [9.17, 15) is 0 Å². The van der Waals surface area contributed by atoms with Gasteiger partial charge in [-0.3, -0.25) is 0 Å². The van der Waals surface area contributed by atoms with Crippen molar-refractivity contribution in [3.8, 4) is 0 Å². The van der Waals surface area contributed by atoms with E-state index in [0.29, 0.717) is 23.2 Å². The molecule has 1 heterocycles. The highest BCUT2D eigenvalue weighted by Crippen LogP contribution is 2.08. The number of nitrogens with zero attached hydrogens (tertiary/aromatic N) is 3. The van der Waals surface area contributed by atoms with Crippen LogP contribution in [-0.2, 0) is 0 Å². The Labute approximate surface area is 75.5 Å². The molecule has 12 heavy (non-hydrogen) atoms. The lowest BCUT2D eigenvalue weighted by Gasteiger charge is -1.94. The molecule has 0 aliphatic rings. The van der Waals surface area contributed by atoms with Crippen LogP contribution in [0, 0.1) is 0 Å². The predicted octanol–water partition coefficient (Wildman–Crippen LogP) is 1.53. The standard InChI is InChI=1S/C7H9ClN4/c1-2-6(9)10-7-4-3-5(8)11-12-7/h3-4H,2H2,1H3,(H2,9,10,12). The minimum Gasteiger partial charge on any atom is -0.387 e. The Kier molecular flexibility index (Phi) is 2.99. The third kappa shape index (κ3) is 2.47. The van der Waals surface area contributed by atoms with Crippen LogP contribution in [0.4, 0.5) is 5.82 Å². The maximum absolute atomic E-state index is 5.53. The molecule has 0 bridgehead atoms. The zero-order valence-corrected chi connectivity index (χ0v) is 7.41. The first-order valence-electron chi connectivity index (χ1n) is 3.54. The highest BCUT2D eigenvalue weighted by molar-refractivity contribution is 6.29. The van der Waals surface area contributed by atoms with Crippen molar-refractivity contribution in [2.75, 3.05) is 0 Å². The number of halogens is 1. The van der Waals surface area contributed by atoms with Gasteiger partial charge in [-0.1, -0.05) is 18.5 Å². The van der Waals surface area contributed by atoms with Crippen LogP contribution < -0.4 is 5.73 Å². The molecule has 5 heteroatoms. The molecule has 64 valence electrons. The largest absolute Gasteiger partial charge is 0.387 e. The number of nitrogens with two attached hydrogens (primary N) is 1. The molecule has 0 aliphatic carbocycles. The highest BCUT2D eigenvalue weighted by Gasteiger charge is 1.93. The van der Waals surface area contributed by atoms with E-state index in [1.54, 1.807) is 12.1 Å². The van der Waals surface area contributed by atoms with E-state index in [2.05, 4.69) is 15.2 Å². The topological polar surface area (TPSA) is 64.2 Å². The summed E-state index contributed by atoms with van der Waals surface area (Å²) in [6, 6.07) is 3.29. The van der Waals surface area contributed by atoms with Gasteiger partial charge in [-0.2, -0.15) is 0 Å². The van der Waals surface area contributed by atoms with Crippen molar-refractivity contribution >= 4 is 23.3 Å². The minimum atomic E-state index is 0.351. The molecule has 0 aliphatic heterocycles. The third-order valence-corrected chi connectivity index (χ3v) is 1.44. The first kappa shape index (κ1) is 8.93. The summed E-state index contributed by atoms with van der Waals surface area (Å²) in [4.78, 5) is 3.98. The minimum absolute atomic E-state index is 0.351. The Morgan fingerprint density at radius 2 is 2.33 bits per heavy atom. The summed E-state index contributed by atoms with van der Waals surface area (Å²) >= 11 is 5.53. The molecule has 0 spiro atoms. The molecule has 0 atom stereocenters. The van der Waals surface area contributed by atoms with E-state index in [1.807, 2.05) is 6.92 Å². The van der Waals surface area contributed by atoms with Crippen LogP contribution in [-0.4, -0.2) is 16.0 Å². The maximum atomic E-state index is 5.53. The van der Waals surface area contributed by atoms with Gasteiger partial charge in [-0.25, -0.2) is 4.99 Å². The second-order valence-corrected chi connectivity index (χ2v) is 2.56. The van der Waals surface area contributed by atoms with Gasteiger partial charge in [0.2, 0.25) is 0 Å². The summed E-state index contributed by atoms with van der Waals surface area (Å²) in [6.45, 7) is 1.92. The molecular formula is C7H9ClN4. The zero-order chi connectivity index (χ0) is 8.97. The van der Waals surface area contributed by atoms with Gasteiger partial charge >= 0.3 is 0 Å². The number of aliphatic imine (C=N–C) groups is 1. The van der Waals surface area contributed by atoms with Crippen molar-refractivity contribution in [1.29, 1.82) is 0 Å². The average Bonchev–Trinajstić information content (AvgIpc) is 2.09. The highest BCUT2D eigenvalue weighted by atomic mass is 35.5. The van der Waals surface area contributed by atoms with Crippen molar-refractivity contribution < 1.29 is 0 Å². The van der Waals surface area contributed by atoms with E-state index in [4.69, 9.17) is 17.3 Å². The Morgan fingerprint density at radius 1 is 1.58 bits per heavy atom. The summed E-state index contributed by atoms with van der Waals surface area (Å²) in [5.74, 6) is 1.02. The average molecular weight is 185 g/mol. The number of amidine groups is 1. The molecule has 4 nitrogen and oxygen atoms in total. The van der Waals surface area contributed by atoms with Gasteiger partial charge in [0.15, 0.2) is 11.0 Å². The zero-order valence-electron chi connectivity index (χ0n) is 6.66. The second kappa shape index (κ2) is 4.01. The van der Waals surface area contributed by atoms with E-state index >= 15 is 0 Å². The Bertz CT molecular complexity index is 280. The first-order chi connectivity index (χ1) is 5.72. The van der Waals surface area contributed by atoms with Gasteiger partial charge in [-0.15, -0.1) is 10.2 Å². The lowest BCUT2D eigenvalue weighted by Crippen LogP contribution is -2.08. The SMILES string of the molecule is CCC(N)=Nc1ccc(Cl)nn1. The van der Waals surface area contributed by atoms with Gasteiger partial charge in [0.05, 0.1) is 0 Å². The van der Waals surface area contributed by atoms with Gasteiger partial charge in [0, 0.05) is 6.42 Å². The molecular weight excluding hydrogens is 176 g/mol. The summed E-state index contributed by atoms with van der Waals surface area (Å²) in [5.41, 5.74) is 5.49. The van der Waals surface area contributed by atoms with Gasteiger partial charge in [0.1, 0.15) is 5.84 Å².